The first-order valence-electron chi connectivity index (χ1n) is 8.30. The lowest BCUT2D eigenvalue weighted by atomic mass is 10.2. The number of benzene rings is 2. The van der Waals surface area contributed by atoms with E-state index >= 15 is 0 Å². The zero-order valence-corrected chi connectivity index (χ0v) is 16.8. The zero-order chi connectivity index (χ0) is 20.3. The Kier molecular flexibility index (Phi) is 6.01. The lowest BCUT2D eigenvalue weighted by Gasteiger charge is -2.14. The standard InChI is InChI=1S/C20H17NO5S2/c1-12(19(23)24)26-16-5-3-4-13(10-16)11-17-18(22)21(20(27)28-17)14-6-8-15(25-2)9-7-14/h3-12H,1-2H3,(H,23,24)/b17-11+. The fraction of sp³-hybridized carbons (Fsp3) is 0.150. The van der Waals surface area contributed by atoms with Gasteiger partial charge in [0.2, 0.25) is 0 Å². The maximum atomic E-state index is 12.8. The van der Waals surface area contributed by atoms with Gasteiger partial charge in [-0.3, -0.25) is 9.69 Å². The van der Waals surface area contributed by atoms with E-state index in [0.717, 1.165) is 0 Å². The molecule has 1 N–H and O–H groups in total. The highest BCUT2D eigenvalue weighted by Crippen LogP contribution is 2.36. The number of thioether (sulfide) groups is 1. The Hall–Kier alpha value is -2.84. The maximum absolute atomic E-state index is 12.8. The summed E-state index contributed by atoms with van der Waals surface area (Å²) in [5.41, 5.74) is 1.38. The van der Waals surface area contributed by atoms with E-state index in [0.29, 0.717) is 32.0 Å². The number of hydrogen-bond donors (Lipinski definition) is 1. The second-order valence-electron chi connectivity index (χ2n) is 5.89. The highest BCUT2D eigenvalue weighted by atomic mass is 32.2. The third-order valence-corrected chi connectivity index (χ3v) is 5.24. The van der Waals surface area contributed by atoms with Crippen molar-refractivity contribution >= 4 is 51.9 Å². The normalized spacial score (nSPS) is 16.4. The summed E-state index contributed by atoms with van der Waals surface area (Å²) in [5.74, 6) is -0.164. The number of thiocarbonyl (C=S) groups is 1. The highest BCUT2D eigenvalue weighted by Gasteiger charge is 2.33. The van der Waals surface area contributed by atoms with Gasteiger partial charge < -0.3 is 14.6 Å². The fourth-order valence-corrected chi connectivity index (χ4v) is 3.80. The van der Waals surface area contributed by atoms with Crippen molar-refractivity contribution in [2.24, 2.45) is 0 Å². The van der Waals surface area contributed by atoms with Crippen LogP contribution in [0, 0.1) is 0 Å². The van der Waals surface area contributed by atoms with E-state index in [9.17, 15) is 9.59 Å². The number of anilines is 1. The number of ether oxygens (including phenoxy) is 2. The first-order chi connectivity index (χ1) is 13.4. The van der Waals surface area contributed by atoms with E-state index in [-0.39, 0.29) is 5.91 Å². The number of aliphatic carboxylic acids is 1. The Morgan fingerprint density at radius 3 is 2.57 bits per heavy atom. The van der Waals surface area contributed by atoms with Gasteiger partial charge in [-0.25, -0.2) is 4.79 Å². The number of hydrogen-bond acceptors (Lipinski definition) is 6. The van der Waals surface area contributed by atoms with Crippen LogP contribution in [0.4, 0.5) is 5.69 Å². The molecule has 6 nitrogen and oxygen atoms in total. The molecule has 28 heavy (non-hydrogen) atoms. The molecule has 1 aliphatic rings. The molecule has 3 rings (SSSR count). The summed E-state index contributed by atoms with van der Waals surface area (Å²) in [6.07, 6.45) is 0.740. The van der Waals surface area contributed by atoms with Gasteiger partial charge in [-0.2, -0.15) is 0 Å². The molecular weight excluding hydrogens is 398 g/mol. The number of carboxylic acid groups (broad SMARTS) is 1. The molecule has 1 amide bonds. The van der Waals surface area contributed by atoms with Gasteiger partial charge in [0.1, 0.15) is 11.5 Å². The summed E-state index contributed by atoms with van der Waals surface area (Å²) in [5, 5.41) is 8.96. The molecule has 0 radical (unpaired) electrons. The van der Waals surface area contributed by atoms with Gasteiger partial charge in [0.05, 0.1) is 17.7 Å². The van der Waals surface area contributed by atoms with Crippen molar-refractivity contribution in [2.75, 3.05) is 12.0 Å². The average molecular weight is 415 g/mol. The molecule has 2 aromatic rings. The van der Waals surface area contributed by atoms with E-state index in [1.165, 1.54) is 23.6 Å². The maximum Gasteiger partial charge on any atom is 0.344 e. The monoisotopic (exact) mass is 415 g/mol. The molecule has 1 aliphatic heterocycles. The van der Waals surface area contributed by atoms with Crippen molar-refractivity contribution in [3.8, 4) is 11.5 Å². The predicted molar refractivity (Wildman–Crippen MR) is 113 cm³/mol. The first kappa shape index (κ1) is 19.9. The zero-order valence-electron chi connectivity index (χ0n) is 15.1. The first-order valence-corrected chi connectivity index (χ1v) is 9.53. The smallest absolute Gasteiger partial charge is 0.344 e. The lowest BCUT2D eigenvalue weighted by molar-refractivity contribution is -0.144. The molecular formula is C20H17NO5S2. The minimum atomic E-state index is -1.05. The van der Waals surface area contributed by atoms with Crippen LogP contribution < -0.4 is 14.4 Å². The third-order valence-electron chi connectivity index (χ3n) is 3.94. The number of carbonyl (C=O) groups excluding carboxylic acids is 1. The van der Waals surface area contributed by atoms with E-state index in [1.54, 1.807) is 61.7 Å². The summed E-state index contributed by atoms with van der Waals surface area (Å²) in [6.45, 7) is 1.45. The van der Waals surface area contributed by atoms with Crippen LogP contribution in [-0.2, 0) is 9.59 Å². The number of nitrogens with zero attached hydrogens (tertiary/aromatic N) is 1. The van der Waals surface area contributed by atoms with Crippen LogP contribution in [0.1, 0.15) is 12.5 Å². The second kappa shape index (κ2) is 8.45. The summed E-state index contributed by atoms with van der Waals surface area (Å²) < 4.78 is 10.9. The Balaban J connectivity index is 1.82. The van der Waals surface area contributed by atoms with Crippen LogP contribution in [0.5, 0.6) is 11.5 Å². The molecule has 2 aromatic carbocycles. The van der Waals surface area contributed by atoms with Crippen LogP contribution in [0.2, 0.25) is 0 Å². The summed E-state index contributed by atoms with van der Waals surface area (Å²) in [4.78, 5) is 25.7. The van der Waals surface area contributed by atoms with E-state index in [4.69, 9.17) is 26.8 Å². The fourth-order valence-electron chi connectivity index (χ4n) is 2.51. The Labute approximate surface area is 171 Å². The summed E-state index contributed by atoms with van der Waals surface area (Å²) in [6, 6.07) is 14.0. The van der Waals surface area contributed by atoms with E-state index < -0.39 is 12.1 Å². The number of rotatable bonds is 6. The van der Waals surface area contributed by atoms with Crippen LogP contribution in [0.15, 0.2) is 53.4 Å². The van der Waals surface area contributed by atoms with Crippen LogP contribution >= 0.6 is 24.0 Å². The largest absolute Gasteiger partial charge is 0.497 e. The van der Waals surface area contributed by atoms with Crippen LogP contribution in [0.3, 0.4) is 0 Å². The Morgan fingerprint density at radius 2 is 1.93 bits per heavy atom. The van der Waals surface area contributed by atoms with Gasteiger partial charge in [-0.15, -0.1) is 0 Å². The van der Waals surface area contributed by atoms with Gasteiger partial charge >= 0.3 is 5.97 Å². The number of carboxylic acids is 1. The molecule has 0 aromatic heterocycles. The van der Waals surface area contributed by atoms with Crippen LogP contribution in [-0.4, -0.2) is 34.5 Å². The molecule has 0 spiro atoms. The molecule has 1 fully saturated rings. The average Bonchev–Trinajstić information content (AvgIpc) is 2.95. The molecule has 0 bridgehead atoms. The molecule has 1 heterocycles. The molecule has 144 valence electrons. The van der Waals surface area contributed by atoms with Crippen molar-refractivity contribution in [1.82, 2.24) is 0 Å². The Morgan fingerprint density at radius 1 is 1.21 bits per heavy atom. The summed E-state index contributed by atoms with van der Waals surface area (Å²) in [7, 11) is 1.58. The molecule has 1 atom stereocenters. The quantitative estimate of drug-likeness (QED) is 0.565. The SMILES string of the molecule is COc1ccc(N2C(=O)/C(=C\c3cccc(OC(C)C(=O)O)c3)SC2=S)cc1. The third kappa shape index (κ3) is 4.35. The van der Waals surface area contributed by atoms with Gasteiger partial charge in [-0.1, -0.05) is 36.1 Å². The predicted octanol–water partition coefficient (Wildman–Crippen LogP) is 3.95. The van der Waals surface area contributed by atoms with Crippen LogP contribution in [0.25, 0.3) is 6.08 Å². The minimum Gasteiger partial charge on any atom is -0.497 e. The Bertz CT molecular complexity index is 955. The van der Waals surface area contributed by atoms with Gasteiger partial charge in [0, 0.05) is 0 Å². The molecule has 0 saturated carbocycles. The van der Waals surface area contributed by atoms with Crippen molar-refractivity contribution in [2.45, 2.75) is 13.0 Å². The molecule has 1 unspecified atom stereocenters. The van der Waals surface area contributed by atoms with E-state index in [1.807, 2.05) is 0 Å². The molecule has 1 saturated heterocycles. The van der Waals surface area contributed by atoms with Crippen molar-refractivity contribution < 1.29 is 24.2 Å². The van der Waals surface area contributed by atoms with Crippen molar-refractivity contribution in [1.29, 1.82) is 0 Å². The van der Waals surface area contributed by atoms with Gasteiger partial charge in [0.25, 0.3) is 5.91 Å². The summed E-state index contributed by atoms with van der Waals surface area (Å²) >= 11 is 6.58. The molecule has 0 aliphatic carbocycles. The topological polar surface area (TPSA) is 76.1 Å². The number of carbonyl (C=O) groups is 2. The lowest BCUT2D eigenvalue weighted by Crippen LogP contribution is -2.27. The number of methoxy groups -OCH3 is 1. The number of amides is 1. The molecule has 8 heteroatoms. The van der Waals surface area contributed by atoms with Gasteiger partial charge in [0.15, 0.2) is 10.4 Å². The van der Waals surface area contributed by atoms with Gasteiger partial charge in [-0.05, 0) is 55.0 Å². The van der Waals surface area contributed by atoms with Crippen molar-refractivity contribution in [3.63, 3.8) is 0 Å². The van der Waals surface area contributed by atoms with Crippen molar-refractivity contribution in [3.05, 3.63) is 59.0 Å². The highest BCUT2D eigenvalue weighted by molar-refractivity contribution is 8.27. The second-order valence-corrected chi connectivity index (χ2v) is 7.56. The van der Waals surface area contributed by atoms with E-state index in [2.05, 4.69) is 0 Å². The minimum absolute atomic E-state index is 0.217.